The molecule has 8 nitrogen and oxygen atoms in total. The summed E-state index contributed by atoms with van der Waals surface area (Å²) < 4.78 is 4.77. The number of para-hydroxylation sites is 1. The lowest BCUT2D eigenvalue weighted by Crippen LogP contribution is -2.50. The van der Waals surface area contributed by atoms with Crippen molar-refractivity contribution < 1.29 is 19.1 Å². The Morgan fingerprint density at radius 2 is 1.79 bits per heavy atom. The van der Waals surface area contributed by atoms with Crippen molar-refractivity contribution in [2.45, 2.75) is 13.1 Å². The van der Waals surface area contributed by atoms with Gasteiger partial charge in [-0.25, -0.2) is 9.79 Å². The Balaban J connectivity index is 1.90. The molecule has 1 atom stereocenters. The van der Waals surface area contributed by atoms with E-state index in [2.05, 4.69) is 15.6 Å². The zero-order valence-electron chi connectivity index (χ0n) is 16.2. The first-order valence-corrected chi connectivity index (χ1v) is 9.21. The second kappa shape index (κ2) is 9.01. The predicted octanol–water partition coefficient (Wildman–Crippen LogP) is 1.69. The summed E-state index contributed by atoms with van der Waals surface area (Å²) in [4.78, 5) is 42.6. The number of hydrogen-bond acceptors (Lipinski definition) is 5. The van der Waals surface area contributed by atoms with Gasteiger partial charge in [-0.1, -0.05) is 48.5 Å². The van der Waals surface area contributed by atoms with Crippen LogP contribution in [0.2, 0.25) is 0 Å². The van der Waals surface area contributed by atoms with Gasteiger partial charge in [-0.3, -0.25) is 9.59 Å². The zero-order chi connectivity index (χ0) is 20.8. The smallest absolute Gasteiger partial charge is 0.325 e. The minimum atomic E-state index is -1.15. The highest BCUT2D eigenvalue weighted by molar-refractivity contribution is 6.20. The van der Waals surface area contributed by atoms with Crippen LogP contribution in [0.3, 0.4) is 0 Å². The molecule has 0 radical (unpaired) electrons. The number of anilines is 1. The van der Waals surface area contributed by atoms with Gasteiger partial charge in [-0.15, -0.1) is 0 Å². The van der Waals surface area contributed by atoms with Crippen molar-refractivity contribution in [3.8, 4) is 0 Å². The van der Waals surface area contributed by atoms with E-state index in [9.17, 15) is 14.4 Å². The van der Waals surface area contributed by atoms with Crippen LogP contribution in [0.4, 0.5) is 10.5 Å². The number of likely N-dealkylation sites (N-methyl/N-ethyl adjacent to an activating group) is 1. The largest absolute Gasteiger partial charge is 0.465 e. The molecular formula is C21H22N4O4. The molecular weight excluding hydrogens is 372 g/mol. The fourth-order valence-electron chi connectivity index (χ4n) is 2.98. The minimum absolute atomic E-state index is 0.219. The number of fused-ring (bicyclic) bond motifs is 1. The molecule has 3 rings (SSSR count). The summed E-state index contributed by atoms with van der Waals surface area (Å²) in [6.45, 7) is 1.60. The third-order valence-electron chi connectivity index (χ3n) is 4.36. The number of hydrogen-bond donors (Lipinski definition) is 2. The average molecular weight is 394 g/mol. The van der Waals surface area contributed by atoms with Crippen molar-refractivity contribution in [1.82, 2.24) is 10.6 Å². The summed E-state index contributed by atoms with van der Waals surface area (Å²) in [5.41, 5.74) is 2.89. The molecule has 1 aliphatic heterocycles. The van der Waals surface area contributed by atoms with Gasteiger partial charge in [0.1, 0.15) is 6.54 Å². The summed E-state index contributed by atoms with van der Waals surface area (Å²) in [6, 6.07) is 16.2. The molecule has 2 aromatic carbocycles. The van der Waals surface area contributed by atoms with E-state index < -0.39 is 24.1 Å². The highest BCUT2D eigenvalue weighted by atomic mass is 16.5. The Bertz CT molecular complexity index is 943. The first-order valence-electron chi connectivity index (χ1n) is 9.21. The van der Waals surface area contributed by atoms with Crippen LogP contribution in [-0.2, 0) is 14.3 Å². The first kappa shape index (κ1) is 20.1. The quantitative estimate of drug-likeness (QED) is 0.754. The van der Waals surface area contributed by atoms with Crippen LogP contribution in [0.25, 0.3) is 0 Å². The lowest BCUT2D eigenvalue weighted by atomic mass is 10.0. The van der Waals surface area contributed by atoms with E-state index in [1.54, 1.807) is 14.0 Å². The number of aliphatic imine (C=N–C) groups is 1. The van der Waals surface area contributed by atoms with E-state index in [1.807, 2.05) is 54.6 Å². The van der Waals surface area contributed by atoms with Gasteiger partial charge < -0.3 is 20.3 Å². The number of esters is 1. The Morgan fingerprint density at radius 1 is 1.10 bits per heavy atom. The molecule has 0 aliphatic carbocycles. The van der Waals surface area contributed by atoms with E-state index in [1.165, 1.54) is 4.90 Å². The van der Waals surface area contributed by atoms with Gasteiger partial charge in [0.15, 0.2) is 0 Å². The summed E-state index contributed by atoms with van der Waals surface area (Å²) in [7, 11) is 1.63. The fourth-order valence-corrected chi connectivity index (χ4v) is 2.98. The van der Waals surface area contributed by atoms with Gasteiger partial charge in [0, 0.05) is 18.2 Å². The average Bonchev–Trinajstić information content (AvgIpc) is 2.84. The first-order chi connectivity index (χ1) is 14.0. The highest BCUT2D eigenvalue weighted by Gasteiger charge is 2.30. The van der Waals surface area contributed by atoms with E-state index in [0.29, 0.717) is 11.4 Å². The number of nitrogens with zero attached hydrogens (tertiary/aromatic N) is 2. The summed E-state index contributed by atoms with van der Waals surface area (Å²) >= 11 is 0. The topological polar surface area (TPSA) is 100 Å². The number of carbonyl (C=O) groups excluding carboxylic acids is 3. The second-order valence-electron chi connectivity index (χ2n) is 6.29. The lowest BCUT2D eigenvalue weighted by Gasteiger charge is -2.20. The number of amides is 3. The molecule has 1 heterocycles. The van der Waals surface area contributed by atoms with Crippen LogP contribution in [0.1, 0.15) is 18.1 Å². The number of urea groups is 1. The van der Waals surface area contributed by atoms with Crippen molar-refractivity contribution >= 4 is 29.3 Å². The third kappa shape index (κ3) is 4.60. The molecule has 8 heteroatoms. The van der Waals surface area contributed by atoms with Crippen LogP contribution < -0.4 is 15.5 Å². The van der Waals surface area contributed by atoms with Crippen LogP contribution in [-0.4, -0.2) is 50.0 Å². The molecule has 0 fully saturated rings. The summed E-state index contributed by atoms with van der Waals surface area (Å²) in [5, 5.41) is 4.92. The van der Waals surface area contributed by atoms with Crippen LogP contribution in [0.5, 0.6) is 0 Å². The van der Waals surface area contributed by atoms with Crippen molar-refractivity contribution in [2.24, 2.45) is 4.99 Å². The molecule has 1 unspecified atom stereocenters. The Kier molecular flexibility index (Phi) is 6.23. The van der Waals surface area contributed by atoms with Crippen molar-refractivity contribution in [2.75, 3.05) is 25.1 Å². The maximum absolute atomic E-state index is 12.9. The van der Waals surface area contributed by atoms with E-state index in [4.69, 9.17) is 4.74 Å². The lowest BCUT2D eigenvalue weighted by molar-refractivity contribution is -0.141. The number of rotatable bonds is 5. The molecule has 150 valence electrons. The van der Waals surface area contributed by atoms with Gasteiger partial charge in [0.25, 0.3) is 5.91 Å². The number of benzodiazepines with no additional fused rings is 1. The SMILES string of the molecule is CCOC(=O)CNC(=O)NC1N=C(c2ccccc2)c2ccccc2N(C)C1=O. The molecule has 2 aromatic rings. The maximum Gasteiger partial charge on any atom is 0.325 e. The van der Waals surface area contributed by atoms with Gasteiger partial charge in [-0.05, 0) is 13.0 Å². The monoisotopic (exact) mass is 394 g/mol. The Labute approximate surface area is 168 Å². The molecule has 0 spiro atoms. The van der Waals surface area contributed by atoms with E-state index in [0.717, 1.165) is 11.1 Å². The van der Waals surface area contributed by atoms with Crippen molar-refractivity contribution in [3.05, 3.63) is 65.7 Å². The van der Waals surface area contributed by atoms with Crippen LogP contribution in [0, 0.1) is 0 Å². The van der Waals surface area contributed by atoms with Crippen molar-refractivity contribution in [3.63, 3.8) is 0 Å². The molecule has 3 amide bonds. The van der Waals surface area contributed by atoms with Gasteiger partial charge in [0.05, 0.1) is 18.0 Å². The zero-order valence-corrected chi connectivity index (χ0v) is 16.2. The van der Waals surface area contributed by atoms with Crippen LogP contribution >= 0.6 is 0 Å². The molecule has 0 saturated carbocycles. The molecule has 0 bridgehead atoms. The molecule has 0 saturated heterocycles. The number of carbonyl (C=O) groups is 3. The standard InChI is InChI=1S/C21H22N4O4/c1-3-29-17(26)13-22-21(28)24-19-20(27)25(2)16-12-8-7-11-15(16)18(23-19)14-9-5-4-6-10-14/h4-12,19H,3,13H2,1-2H3,(H2,22,24,28). The van der Waals surface area contributed by atoms with E-state index >= 15 is 0 Å². The predicted molar refractivity (Wildman–Crippen MR) is 109 cm³/mol. The molecule has 29 heavy (non-hydrogen) atoms. The van der Waals surface area contributed by atoms with E-state index in [-0.39, 0.29) is 13.2 Å². The molecule has 2 N–H and O–H groups in total. The second-order valence-corrected chi connectivity index (χ2v) is 6.29. The van der Waals surface area contributed by atoms with Crippen molar-refractivity contribution in [1.29, 1.82) is 0 Å². The minimum Gasteiger partial charge on any atom is -0.465 e. The van der Waals surface area contributed by atoms with Crippen LogP contribution in [0.15, 0.2) is 59.6 Å². The molecule has 1 aliphatic rings. The number of benzene rings is 2. The maximum atomic E-state index is 12.9. The van der Waals surface area contributed by atoms with Gasteiger partial charge in [-0.2, -0.15) is 0 Å². The van der Waals surface area contributed by atoms with Gasteiger partial charge in [0.2, 0.25) is 6.17 Å². The van der Waals surface area contributed by atoms with Gasteiger partial charge >= 0.3 is 12.0 Å². The fraction of sp³-hybridized carbons (Fsp3) is 0.238. The highest BCUT2D eigenvalue weighted by Crippen LogP contribution is 2.26. The molecule has 0 aromatic heterocycles. The number of ether oxygens (including phenoxy) is 1. The Hall–Kier alpha value is -3.68. The Morgan fingerprint density at radius 3 is 2.52 bits per heavy atom. The third-order valence-corrected chi connectivity index (χ3v) is 4.36. The summed E-state index contributed by atoms with van der Waals surface area (Å²) in [6.07, 6.45) is -1.15. The number of nitrogens with one attached hydrogen (secondary N) is 2. The normalized spacial score (nSPS) is 15.7. The summed E-state index contributed by atoms with van der Waals surface area (Å²) in [5.74, 6) is -0.956.